The Kier molecular flexibility index (Phi) is 7.25. The first-order valence-corrected chi connectivity index (χ1v) is 7.10. The molecule has 1 aromatic carbocycles. The Hall–Kier alpha value is -1.40. The summed E-state index contributed by atoms with van der Waals surface area (Å²) in [6.45, 7) is 1.20. The molecule has 0 aliphatic heterocycles. The lowest BCUT2D eigenvalue weighted by Gasteiger charge is -2.16. The van der Waals surface area contributed by atoms with Crippen LogP contribution in [-0.2, 0) is 9.53 Å². The van der Waals surface area contributed by atoms with Gasteiger partial charge in [0.05, 0.1) is 6.54 Å². The van der Waals surface area contributed by atoms with Gasteiger partial charge in [-0.15, -0.1) is 0 Å². The predicted octanol–water partition coefficient (Wildman–Crippen LogP) is 1.67. The fourth-order valence-electron chi connectivity index (χ4n) is 1.60. The minimum atomic E-state index is -0.176. The highest BCUT2D eigenvalue weighted by molar-refractivity contribution is 9.10. The SMILES string of the molecule is COCCCNC(=O)CN(C)C(=O)c1ccc(Br)cc1. The molecule has 5 nitrogen and oxygen atoms in total. The number of methoxy groups -OCH3 is 1. The fraction of sp³-hybridized carbons (Fsp3) is 0.429. The number of hydrogen-bond donors (Lipinski definition) is 1. The van der Waals surface area contributed by atoms with Crippen LogP contribution in [0.25, 0.3) is 0 Å². The first kappa shape index (κ1) is 16.7. The molecule has 0 fully saturated rings. The topological polar surface area (TPSA) is 58.6 Å². The van der Waals surface area contributed by atoms with Gasteiger partial charge in [0.15, 0.2) is 0 Å². The number of hydrogen-bond acceptors (Lipinski definition) is 3. The van der Waals surface area contributed by atoms with Gasteiger partial charge in [-0.3, -0.25) is 9.59 Å². The predicted molar refractivity (Wildman–Crippen MR) is 80.6 cm³/mol. The van der Waals surface area contributed by atoms with E-state index in [0.717, 1.165) is 10.9 Å². The lowest BCUT2D eigenvalue weighted by molar-refractivity contribution is -0.121. The zero-order valence-corrected chi connectivity index (χ0v) is 13.3. The van der Waals surface area contributed by atoms with Crippen molar-refractivity contribution in [1.82, 2.24) is 10.2 Å². The Bertz CT molecular complexity index is 448. The molecule has 1 aromatic rings. The summed E-state index contributed by atoms with van der Waals surface area (Å²) in [6, 6.07) is 7.04. The average Bonchev–Trinajstić information content (AvgIpc) is 2.43. The number of carbonyl (C=O) groups excluding carboxylic acids is 2. The van der Waals surface area contributed by atoms with Crippen LogP contribution in [0.2, 0.25) is 0 Å². The van der Waals surface area contributed by atoms with Crippen LogP contribution in [0.15, 0.2) is 28.7 Å². The summed E-state index contributed by atoms with van der Waals surface area (Å²) in [7, 11) is 3.23. The van der Waals surface area contributed by atoms with Gasteiger partial charge in [0.25, 0.3) is 5.91 Å². The zero-order valence-electron chi connectivity index (χ0n) is 11.7. The van der Waals surface area contributed by atoms with Crippen molar-refractivity contribution in [1.29, 1.82) is 0 Å². The number of benzene rings is 1. The van der Waals surface area contributed by atoms with E-state index in [1.165, 1.54) is 4.90 Å². The number of nitrogens with zero attached hydrogens (tertiary/aromatic N) is 1. The van der Waals surface area contributed by atoms with E-state index in [2.05, 4.69) is 21.2 Å². The molecular weight excluding hydrogens is 324 g/mol. The van der Waals surface area contributed by atoms with Crippen LogP contribution in [0.5, 0.6) is 0 Å². The zero-order chi connectivity index (χ0) is 15.0. The van der Waals surface area contributed by atoms with Crippen LogP contribution in [0.4, 0.5) is 0 Å². The van der Waals surface area contributed by atoms with E-state index in [9.17, 15) is 9.59 Å². The number of carbonyl (C=O) groups is 2. The van der Waals surface area contributed by atoms with Crippen molar-refractivity contribution in [3.8, 4) is 0 Å². The Morgan fingerprint density at radius 3 is 2.55 bits per heavy atom. The highest BCUT2D eigenvalue weighted by Crippen LogP contribution is 2.11. The maximum atomic E-state index is 12.1. The average molecular weight is 343 g/mol. The fourth-order valence-corrected chi connectivity index (χ4v) is 1.86. The Morgan fingerprint density at radius 1 is 1.30 bits per heavy atom. The Morgan fingerprint density at radius 2 is 1.95 bits per heavy atom. The van der Waals surface area contributed by atoms with E-state index in [1.807, 2.05) is 0 Å². The monoisotopic (exact) mass is 342 g/mol. The maximum absolute atomic E-state index is 12.1. The quantitative estimate of drug-likeness (QED) is 0.767. The molecule has 1 rings (SSSR count). The van der Waals surface area contributed by atoms with Crippen molar-refractivity contribution < 1.29 is 14.3 Å². The third-order valence-corrected chi connectivity index (χ3v) is 3.19. The molecule has 0 aliphatic carbocycles. The maximum Gasteiger partial charge on any atom is 0.254 e. The van der Waals surface area contributed by atoms with Gasteiger partial charge in [0.2, 0.25) is 5.91 Å². The first-order chi connectivity index (χ1) is 9.54. The lowest BCUT2D eigenvalue weighted by Crippen LogP contribution is -2.38. The smallest absolute Gasteiger partial charge is 0.254 e. The third-order valence-electron chi connectivity index (χ3n) is 2.67. The Labute approximate surface area is 127 Å². The standard InChI is InChI=1S/C14H19BrN2O3/c1-17(10-13(18)16-8-3-9-20-2)14(19)11-4-6-12(15)7-5-11/h4-7H,3,8-10H2,1-2H3,(H,16,18). The van der Waals surface area contributed by atoms with Crippen molar-refractivity contribution in [3.05, 3.63) is 34.3 Å². The molecule has 0 spiro atoms. The number of nitrogens with one attached hydrogen (secondary N) is 1. The van der Waals surface area contributed by atoms with Gasteiger partial charge in [0, 0.05) is 37.3 Å². The van der Waals surface area contributed by atoms with Gasteiger partial charge in [-0.05, 0) is 30.7 Å². The third kappa shape index (κ3) is 5.71. The molecule has 0 unspecified atom stereocenters. The highest BCUT2D eigenvalue weighted by atomic mass is 79.9. The van der Waals surface area contributed by atoms with Crippen LogP contribution in [0.3, 0.4) is 0 Å². The molecular formula is C14H19BrN2O3. The lowest BCUT2D eigenvalue weighted by atomic mass is 10.2. The van der Waals surface area contributed by atoms with E-state index < -0.39 is 0 Å². The van der Waals surface area contributed by atoms with Gasteiger partial charge in [0.1, 0.15) is 0 Å². The number of rotatable bonds is 7. The molecule has 0 atom stereocenters. The number of amides is 2. The summed E-state index contributed by atoms with van der Waals surface area (Å²) >= 11 is 3.31. The van der Waals surface area contributed by atoms with E-state index in [-0.39, 0.29) is 18.4 Å². The molecule has 0 aliphatic rings. The summed E-state index contributed by atoms with van der Waals surface area (Å²) in [5, 5.41) is 2.74. The second kappa shape index (κ2) is 8.71. The molecule has 2 amide bonds. The molecule has 0 radical (unpaired) electrons. The molecule has 20 heavy (non-hydrogen) atoms. The van der Waals surface area contributed by atoms with E-state index in [4.69, 9.17) is 4.74 Å². The van der Waals surface area contributed by atoms with Crippen molar-refractivity contribution in [3.63, 3.8) is 0 Å². The summed E-state index contributed by atoms with van der Waals surface area (Å²) < 4.78 is 5.80. The number of ether oxygens (including phenoxy) is 1. The second-order valence-electron chi connectivity index (χ2n) is 4.36. The van der Waals surface area contributed by atoms with Crippen molar-refractivity contribution in [2.75, 3.05) is 33.9 Å². The molecule has 0 aromatic heterocycles. The molecule has 0 heterocycles. The summed E-state index contributed by atoms with van der Waals surface area (Å²) in [5.74, 6) is -0.349. The van der Waals surface area contributed by atoms with Crippen LogP contribution in [-0.4, -0.2) is 50.6 Å². The van der Waals surface area contributed by atoms with Gasteiger partial charge >= 0.3 is 0 Å². The normalized spacial score (nSPS) is 10.2. The summed E-state index contributed by atoms with van der Waals surface area (Å²) in [4.78, 5) is 25.1. The summed E-state index contributed by atoms with van der Waals surface area (Å²) in [5.41, 5.74) is 0.558. The van der Waals surface area contributed by atoms with Crippen LogP contribution >= 0.6 is 15.9 Å². The molecule has 1 N–H and O–H groups in total. The highest BCUT2D eigenvalue weighted by Gasteiger charge is 2.14. The molecule has 0 saturated heterocycles. The van der Waals surface area contributed by atoms with Crippen LogP contribution in [0, 0.1) is 0 Å². The van der Waals surface area contributed by atoms with Crippen LogP contribution < -0.4 is 5.32 Å². The summed E-state index contributed by atoms with van der Waals surface area (Å²) in [6.07, 6.45) is 0.757. The number of halogens is 1. The molecule has 0 saturated carbocycles. The van der Waals surface area contributed by atoms with E-state index in [0.29, 0.717) is 18.7 Å². The van der Waals surface area contributed by atoms with Gasteiger partial charge in [-0.25, -0.2) is 0 Å². The minimum Gasteiger partial charge on any atom is -0.385 e. The van der Waals surface area contributed by atoms with Gasteiger partial charge < -0.3 is 15.0 Å². The first-order valence-electron chi connectivity index (χ1n) is 6.31. The van der Waals surface area contributed by atoms with Crippen molar-refractivity contribution in [2.24, 2.45) is 0 Å². The van der Waals surface area contributed by atoms with Crippen molar-refractivity contribution >= 4 is 27.7 Å². The van der Waals surface area contributed by atoms with E-state index >= 15 is 0 Å². The number of likely N-dealkylation sites (N-methyl/N-ethyl adjacent to an activating group) is 1. The molecule has 0 bridgehead atoms. The minimum absolute atomic E-state index is 0.0435. The van der Waals surface area contributed by atoms with Crippen molar-refractivity contribution in [2.45, 2.75) is 6.42 Å². The molecule has 6 heteroatoms. The van der Waals surface area contributed by atoms with Gasteiger partial charge in [-0.2, -0.15) is 0 Å². The van der Waals surface area contributed by atoms with Crippen LogP contribution in [0.1, 0.15) is 16.8 Å². The van der Waals surface area contributed by atoms with Gasteiger partial charge in [-0.1, -0.05) is 15.9 Å². The molecule has 110 valence electrons. The largest absolute Gasteiger partial charge is 0.385 e. The Balaban J connectivity index is 2.41. The van der Waals surface area contributed by atoms with E-state index in [1.54, 1.807) is 38.4 Å². The second-order valence-corrected chi connectivity index (χ2v) is 5.28.